The fourth-order valence-corrected chi connectivity index (χ4v) is 3.94. The number of anilines is 5. The second-order valence-electron chi connectivity index (χ2n) is 7.49. The third-order valence-corrected chi connectivity index (χ3v) is 5.59. The summed E-state index contributed by atoms with van der Waals surface area (Å²) in [7, 11) is 0. The molecule has 5 rings (SSSR count). The molecule has 0 spiro atoms. The van der Waals surface area contributed by atoms with Crippen LogP contribution < -0.4 is 25.3 Å². The molecule has 0 atom stereocenters. The molecule has 5 heterocycles. The molecule has 3 aromatic rings. The zero-order valence-electron chi connectivity index (χ0n) is 17.2. The van der Waals surface area contributed by atoms with Gasteiger partial charge in [0.15, 0.2) is 0 Å². The second kappa shape index (κ2) is 8.54. The molecule has 2 aliphatic rings. The quantitative estimate of drug-likeness (QED) is 0.629. The van der Waals surface area contributed by atoms with Crippen molar-refractivity contribution in [2.24, 2.45) is 0 Å². The van der Waals surface area contributed by atoms with Gasteiger partial charge in [0.05, 0.1) is 0 Å². The van der Waals surface area contributed by atoms with Gasteiger partial charge in [0.1, 0.15) is 11.6 Å². The van der Waals surface area contributed by atoms with E-state index in [1.54, 1.807) is 24.8 Å². The number of aromatic nitrogens is 6. The largest absolute Gasteiger partial charge is 0.368 e. The Bertz CT molecular complexity index is 907. The highest BCUT2D eigenvalue weighted by atomic mass is 15.4. The number of rotatable bonds is 4. The molecule has 0 bridgehead atoms. The maximum Gasteiger partial charge on any atom is 0.225 e. The molecule has 0 unspecified atom stereocenters. The Morgan fingerprint density at radius 1 is 0.548 bits per heavy atom. The average Bonchev–Trinajstić information content (AvgIpc) is 2.85. The highest BCUT2D eigenvalue weighted by Crippen LogP contribution is 2.23. The zero-order chi connectivity index (χ0) is 21.0. The Morgan fingerprint density at radius 3 is 1.29 bits per heavy atom. The molecule has 11 heteroatoms. The van der Waals surface area contributed by atoms with E-state index in [0.29, 0.717) is 5.95 Å². The molecule has 31 heavy (non-hydrogen) atoms. The van der Waals surface area contributed by atoms with Crippen molar-refractivity contribution in [1.82, 2.24) is 29.9 Å². The van der Waals surface area contributed by atoms with Crippen molar-refractivity contribution in [3.05, 3.63) is 43.0 Å². The van der Waals surface area contributed by atoms with Crippen LogP contribution in [0.2, 0.25) is 0 Å². The van der Waals surface area contributed by atoms with Crippen molar-refractivity contribution in [3.63, 3.8) is 0 Å². The van der Waals surface area contributed by atoms with E-state index in [9.17, 15) is 0 Å². The minimum atomic E-state index is 0.301. The van der Waals surface area contributed by atoms with Crippen LogP contribution in [-0.4, -0.2) is 82.3 Å². The first-order valence-electron chi connectivity index (χ1n) is 10.4. The summed E-state index contributed by atoms with van der Waals surface area (Å²) in [6.07, 6.45) is 7.09. The predicted molar refractivity (Wildman–Crippen MR) is 119 cm³/mol. The molecule has 0 amide bonds. The van der Waals surface area contributed by atoms with Gasteiger partial charge < -0.3 is 25.3 Å². The van der Waals surface area contributed by atoms with E-state index < -0.39 is 0 Å². The van der Waals surface area contributed by atoms with E-state index in [1.165, 1.54) is 0 Å². The number of hydrogen-bond acceptors (Lipinski definition) is 11. The topological polar surface area (TPSA) is 116 Å². The number of hydrogen-bond donors (Lipinski definition) is 1. The van der Waals surface area contributed by atoms with Crippen molar-refractivity contribution < 1.29 is 0 Å². The molecule has 2 saturated heterocycles. The van der Waals surface area contributed by atoms with E-state index in [-0.39, 0.29) is 0 Å². The summed E-state index contributed by atoms with van der Waals surface area (Å²) in [6.45, 7) is 6.64. The lowest BCUT2D eigenvalue weighted by Gasteiger charge is -2.37. The number of nitrogen functional groups attached to an aromatic ring is 1. The van der Waals surface area contributed by atoms with Crippen molar-refractivity contribution >= 4 is 29.5 Å². The molecule has 3 aromatic heterocycles. The molecule has 0 radical (unpaired) electrons. The van der Waals surface area contributed by atoms with Gasteiger partial charge in [-0.05, 0) is 12.1 Å². The summed E-state index contributed by atoms with van der Waals surface area (Å²) in [5.74, 6) is 3.57. The summed E-state index contributed by atoms with van der Waals surface area (Å²) < 4.78 is 0. The Morgan fingerprint density at radius 2 is 0.903 bits per heavy atom. The van der Waals surface area contributed by atoms with Gasteiger partial charge in [-0.25, -0.2) is 19.9 Å². The third-order valence-electron chi connectivity index (χ3n) is 5.59. The summed E-state index contributed by atoms with van der Waals surface area (Å²) in [5.41, 5.74) is 6.07. The predicted octanol–water partition coefficient (Wildman–Crippen LogP) is 0.292. The smallest absolute Gasteiger partial charge is 0.225 e. The van der Waals surface area contributed by atoms with E-state index in [1.807, 2.05) is 18.2 Å². The first kappa shape index (κ1) is 19.2. The lowest BCUT2D eigenvalue weighted by molar-refractivity contribution is 0.627. The standard InChI is InChI=1S/C20H25N11/c21-18-26-16(28-7-11-30(12-8-28)19-22-3-1-4-23-19)15-17(27-18)29-9-13-31(14-10-29)20-24-5-2-6-25-20/h1-6,15H,7-14H2,(H2,21,26,27). The minimum Gasteiger partial charge on any atom is -0.368 e. The van der Waals surface area contributed by atoms with Crippen LogP contribution in [0.4, 0.5) is 29.5 Å². The minimum absolute atomic E-state index is 0.301. The Hall–Kier alpha value is -3.76. The first-order chi connectivity index (χ1) is 15.3. The Kier molecular flexibility index (Phi) is 5.29. The maximum absolute atomic E-state index is 6.07. The Balaban J connectivity index is 1.24. The summed E-state index contributed by atoms with van der Waals surface area (Å²) >= 11 is 0. The van der Waals surface area contributed by atoms with Crippen LogP contribution in [0.25, 0.3) is 0 Å². The normalized spacial score (nSPS) is 17.2. The average molecular weight is 419 g/mol. The van der Waals surface area contributed by atoms with E-state index in [0.717, 1.165) is 75.9 Å². The molecule has 2 N–H and O–H groups in total. The van der Waals surface area contributed by atoms with Crippen molar-refractivity contribution in [2.45, 2.75) is 0 Å². The molecule has 0 saturated carbocycles. The second-order valence-corrected chi connectivity index (χ2v) is 7.49. The number of nitrogens with two attached hydrogens (primary N) is 1. The monoisotopic (exact) mass is 419 g/mol. The lowest BCUT2D eigenvalue weighted by atomic mass is 10.3. The summed E-state index contributed by atoms with van der Waals surface area (Å²) in [5, 5.41) is 0. The molecule has 2 fully saturated rings. The number of nitrogens with zero attached hydrogens (tertiary/aromatic N) is 10. The van der Waals surface area contributed by atoms with Crippen molar-refractivity contribution in [1.29, 1.82) is 0 Å². The van der Waals surface area contributed by atoms with Gasteiger partial charge in [-0.1, -0.05) is 0 Å². The van der Waals surface area contributed by atoms with Crippen LogP contribution in [0, 0.1) is 0 Å². The maximum atomic E-state index is 6.07. The van der Waals surface area contributed by atoms with Crippen molar-refractivity contribution in [3.8, 4) is 0 Å². The number of piperazine rings is 2. The molecular formula is C20H25N11. The van der Waals surface area contributed by atoms with E-state index in [2.05, 4.69) is 49.5 Å². The van der Waals surface area contributed by atoms with E-state index >= 15 is 0 Å². The summed E-state index contributed by atoms with van der Waals surface area (Å²) in [6, 6.07) is 5.70. The zero-order valence-corrected chi connectivity index (χ0v) is 17.2. The SMILES string of the molecule is Nc1nc(N2CCN(c3ncccn3)CC2)cc(N2CCN(c3ncccn3)CC2)n1. The fraction of sp³-hybridized carbons (Fsp3) is 0.400. The molecule has 160 valence electrons. The van der Waals surface area contributed by atoms with Gasteiger partial charge in [0.2, 0.25) is 17.8 Å². The lowest BCUT2D eigenvalue weighted by Crippen LogP contribution is -2.48. The first-order valence-corrected chi connectivity index (χ1v) is 10.4. The van der Waals surface area contributed by atoms with Gasteiger partial charge in [0, 0.05) is 83.2 Å². The summed E-state index contributed by atoms with van der Waals surface area (Å²) in [4.78, 5) is 35.3. The van der Waals surface area contributed by atoms with Gasteiger partial charge in [-0.3, -0.25) is 0 Å². The highest BCUT2D eigenvalue weighted by Gasteiger charge is 2.24. The molecule has 2 aliphatic heterocycles. The van der Waals surface area contributed by atoms with Crippen LogP contribution >= 0.6 is 0 Å². The molecular weight excluding hydrogens is 394 g/mol. The Labute approximate surface area is 180 Å². The highest BCUT2D eigenvalue weighted by molar-refractivity contribution is 5.55. The fourth-order valence-electron chi connectivity index (χ4n) is 3.94. The van der Waals surface area contributed by atoms with Crippen molar-refractivity contribution in [2.75, 3.05) is 77.7 Å². The van der Waals surface area contributed by atoms with Crippen LogP contribution in [0.15, 0.2) is 43.0 Å². The van der Waals surface area contributed by atoms with Crippen LogP contribution in [0.3, 0.4) is 0 Å². The molecule has 0 aromatic carbocycles. The van der Waals surface area contributed by atoms with Crippen LogP contribution in [0.5, 0.6) is 0 Å². The van der Waals surface area contributed by atoms with Gasteiger partial charge in [-0.15, -0.1) is 0 Å². The third kappa shape index (κ3) is 4.25. The van der Waals surface area contributed by atoms with Gasteiger partial charge in [0.25, 0.3) is 0 Å². The van der Waals surface area contributed by atoms with E-state index in [4.69, 9.17) is 5.73 Å². The van der Waals surface area contributed by atoms with Gasteiger partial charge in [-0.2, -0.15) is 9.97 Å². The van der Waals surface area contributed by atoms with Crippen LogP contribution in [-0.2, 0) is 0 Å². The van der Waals surface area contributed by atoms with Crippen LogP contribution in [0.1, 0.15) is 0 Å². The molecule has 11 nitrogen and oxygen atoms in total. The van der Waals surface area contributed by atoms with Gasteiger partial charge >= 0.3 is 0 Å². The molecule has 0 aliphatic carbocycles.